The zero-order chi connectivity index (χ0) is 23.9. The predicted octanol–water partition coefficient (Wildman–Crippen LogP) is 3.73. The van der Waals surface area contributed by atoms with E-state index in [1.165, 1.54) is 12.1 Å². The standard InChI is InChI=1S/C24H22F2N8O/c1-14-5-6-17-20(19(14)26)30-18(29-17)12-27-22-21-23(32-24(31-22)33-7-9-35-10-8-33)34(13-28-21)16-4-2-3-15(25)11-16/h2-6,11,13H,7-10,12H2,1H3,(H,29,30)(H,27,31,32). The van der Waals surface area contributed by atoms with Crippen LogP contribution in [0.4, 0.5) is 20.5 Å². The van der Waals surface area contributed by atoms with Crippen molar-refractivity contribution in [2.24, 2.45) is 0 Å². The molecule has 0 bridgehead atoms. The van der Waals surface area contributed by atoms with Gasteiger partial charge in [0.1, 0.15) is 23.5 Å². The van der Waals surface area contributed by atoms with Gasteiger partial charge in [0, 0.05) is 13.1 Å². The third kappa shape index (κ3) is 3.93. The average Bonchev–Trinajstić information content (AvgIpc) is 3.50. The molecule has 9 nitrogen and oxygen atoms in total. The van der Waals surface area contributed by atoms with Crippen LogP contribution in [0.3, 0.4) is 0 Å². The number of aromatic amines is 1. The zero-order valence-electron chi connectivity index (χ0n) is 18.9. The number of fused-ring (bicyclic) bond motifs is 2. The van der Waals surface area contributed by atoms with Gasteiger partial charge in [0.2, 0.25) is 5.95 Å². The molecule has 1 aliphatic rings. The first-order valence-electron chi connectivity index (χ1n) is 11.3. The zero-order valence-corrected chi connectivity index (χ0v) is 18.9. The molecule has 0 unspecified atom stereocenters. The van der Waals surface area contributed by atoms with Crippen LogP contribution < -0.4 is 10.2 Å². The molecule has 5 aromatic rings. The maximum Gasteiger partial charge on any atom is 0.229 e. The highest BCUT2D eigenvalue weighted by atomic mass is 19.1. The summed E-state index contributed by atoms with van der Waals surface area (Å²) >= 11 is 0. The molecular weight excluding hydrogens is 454 g/mol. The van der Waals surface area contributed by atoms with Crippen molar-refractivity contribution >= 4 is 34.0 Å². The Morgan fingerprint density at radius 1 is 1.06 bits per heavy atom. The first kappa shape index (κ1) is 21.4. The number of aromatic nitrogens is 6. The van der Waals surface area contributed by atoms with Crippen molar-refractivity contribution in [3.63, 3.8) is 0 Å². The van der Waals surface area contributed by atoms with Crippen molar-refractivity contribution in [1.82, 2.24) is 29.5 Å². The summed E-state index contributed by atoms with van der Waals surface area (Å²) < 4.78 is 35.6. The summed E-state index contributed by atoms with van der Waals surface area (Å²) in [6.45, 7) is 4.45. The van der Waals surface area contributed by atoms with E-state index in [4.69, 9.17) is 14.7 Å². The first-order valence-corrected chi connectivity index (χ1v) is 11.3. The van der Waals surface area contributed by atoms with Crippen LogP contribution in [0.2, 0.25) is 0 Å². The maximum absolute atomic E-state index is 14.5. The summed E-state index contributed by atoms with van der Waals surface area (Å²) in [4.78, 5) is 23.6. The Bertz CT molecular complexity index is 1540. The number of anilines is 2. The summed E-state index contributed by atoms with van der Waals surface area (Å²) in [7, 11) is 0. The number of H-pyrrole nitrogens is 1. The normalized spacial score (nSPS) is 14.2. The molecule has 2 N–H and O–H groups in total. The lowest BCUT2D eigenvalue weighted by molar-refractivity contribution is 0.122. The van der Waals surface area contributed by atoms with Gasteiger partial charge < -0.3 is 19.9 Å². The topological polar surface area (TPSA) is 96.8 Å². The molecule has 1 saturated heterocycles. The number of aryl methyl sites for hydroxylation is 1. The highest BCUT2D eigenvalue weighted by Crippen LogP contribution is 2.26. The fourth-order valence-corrected chi connectivity index (χ4v) is 4.18. The van der Waals surface area contributed by atoms with E-state index in [1.54, 1.807) is 36.0 Å². The van der Waals surface area contributed by atoms with Gasteiger partial charge in [0.15, 0.2) is 22.8 Å². The predicted molar refractivity (Wildman–Crippen MR) is 128 cm³/mol. The van der Waals surface area contributed by atoms with Crippen LogP contribution >= 0.6 is 0 Å². The van der Waals surface area contributed by atoms with Crippen LogP contribution in [0, 0.1) is 18.6 Å². The van der Waals surface area contributed by atoms with E-state index < -0.39 is 0 Å². The fourth-order valence-electron chi connectivity index (χ4n) is 4.18. The van der Waals surface area contributed by atoms with Gasteiger partial charge in [-0.25, -0.2) is 18.7 Å². The molecule has 4 heterocycles. The molecule has 0 radical (unpaired) electrons. The van der Waals surface area contributed by atoms with E-state index >= 15 is 0 Å². The van der Waals surface area contributed by atoms with Crippen LogP contribution in [-0.4, -0.2) is 55.8 Å². The number of halogens is 2. The Morgan fingerprint density at radius 3 is 2.74 bits per heavy atom. The number of rotatable bonds is 5. The Balaban J connectivity index is 1.40. The second-order valence-electron chi connectivity index (χ2n) is 8.37. The highest BCUT2D eigenvalue weighted by molar-refractivity contribution is 5.85. The van der Waals surface area contributed by atoms with Crippen molar-refractivity contribution < 1.29 is 13.5 Å². The molecular formula is C24H22F2N8O. The van der Waals surface area contributed by atoms with E-state index in [0.717, 1.165) is 0 Å². The van der Waals surface area contributed by atoms with Crippen LogP contribution in [0.5, 0.6) is 0 Å². The lowest BCUT2D eigenvalue weighted by Gasteiger charge is -2.27. The number of hydrogen-bond donors (Lipinski definition) is 2. The minimum Gasteiger partial charge on any atom is -0.378 e. The number of ether oxygens (including phenoxy) is 1. The molecule has 0 atom stereocenters. The number of benzene rings is 2. The molecule has 0 aliphatic carbocycles. The Morgan fingerprint density at radius 2 is 1.91 bits per heavy atom. The van der Waals surface area contributed by atoms with Gasteiger partial charge in [0.05, 0.1) is 31.0 Å². The third-order valence-electron chi connectivity index (χ3n) is 6.02. The minimum absolute atomic E-state index is 0.272. The third-order valence-corrected chi connectivity index (χ3v) is 6.02. The average molecular weight is 476 g/mol. The van der Waals surface area contributed by atoms with Gasteiger partial charge in [-0.2, -0.15) is 9.97 Å². The van der Waals surface area contributed by atoms with E-state index in [0.29, 0.717) is 77.3 Å². The SMILES string of the molecule is Cc1ccc2[nH]c(CNc3nc(N4CCOCC4)nc4c3ncn4-c3cccc(F)c3)nc2c1F. The van der Waals surface area contributed by atoms with Crippen molar-refractivity contribution in [3.8, 4) is 5.69 Å². The van der Waals surface area contributed by atoms with E-state index in [2.05, 4.69) is 20.3 Å². The minimum atomic E-state index is -0.350. The van der Waals surface area contributed by atoms with Gasteiger partial charge in [-0.3, -0.25) is 4.57 Å². The maximum atomic E-state index is 14.5. The largest absolute Gasteiger partial charge is 0.378 e. The molecule has 0 saturated carbocycles. The lowest BCUT2D eigenvalue weighted by atomic mass is 10.2. The number of imidazole rings is 2. The molecule has 6 rings (SSSR count). The second kappa shape index (κ2) is 8.58. The molecule has 1 aliphatic heterocycles. The molecule has 0 amide bonds. The molecule has 35 heavy (non-hydrogen) atoms. The molecule has 0 spiro atoms. The van der Waals surface area contributed by atoms with Crippen molar-refractivity contribution in [2.45, 2.75) is 13.5 Å². The highest BCUT2D eigenvalue weighted by Gasteiger charge is 2.20. The summed E-state index contributed by atoms with van der Waals surface area (Å²) in [5.41, 5.74) is 3.15. The van der Waals surface area contributed by atoms with E-state index in [9.17, 15) is 8.78 Å². The van der Waals surface area contributed by atoms with Gasteiger partial charge in [0.25, 0.3) is 0 Å². The second-order valence-corrected chi connectivity index (χ2v) is 8.37. The summed E-state index contributed by atoms with van der Waals surface area (Å²) in [6.07, 6.45) is 1.60. The number of morpholine rings is 1. The summed E-state index contributed by atoms with van der Waals surface area (Å²) in [5.74, 6) is 0.903. The molecule has 11 heteroatoms. The fraction of sp³-hybridized carbons (Fsp3) is 0.250. The van der Waals surface area contributed by atoms with Crippen molar-refractivity contribution in [3.05, 3.63) is 65.7 Å². The number of hydrogen-bond acceptors (Lipinski definition) is 7. The summed E-state index contributed by atoms with van der Waals surface area (Å²) in [5, 5.41) is 3.28. The van der Waals surface area contributed by atoms with Crippen LogP contribution in [-0.2, 0) is 11.3 Å². The number of nitrogens with one attached hydrogen (secondary N) is 2. The number of nitrogens with zero attached hydrogens (tertiary/aromatic N) is 6. The molecule has 2 aromatic carbocycles. The summed E-state index contributed by atoms with van der Waals surface area (Å²) in [6, 6.07) is 9.77. The molecule has 178 valence electrons. The first-order chi connectivity index (χ1) is 17.1. The van der Waals surface area contributed by atoms with Crippen LogP contribution in [0.1, 0.15) is 11.4 Å². The quantitative estimate of drug-likeness (QED) is 0.399. The van der Waals surface area contributed by atoms with Crippen LogP contribution in [0.15, 0.2) is 42.7 Å². The smallest absolute Gasteiger partial charge is 0.229 e. The molecule has 3 aromatic heterocycles. The van der Waals surface area contributed by atoms with E-state index in [1.807, 2.05) is 11.0 Å². The van der Waals surface area contributed by atoms with E-state index in [-0.39, 0.29) is 18.2 Å². The van der Waals surface area contributed by atoms with Gasteiger partial charge >= 0.3 is 0 Å². The van der Waals surface area contributed by atoms with Crippen LogP contribution in [0.25, 0.3) is 27.9 Å². The Kier molecular flexibility index (Phi) is 5.25. The Hall–Kier alpha value is -4.12. The molecule has 1 fully saturated rings. The van der Waals surface area contributed by atoms with Gasteiger partial charge in [-0.1, -0.05) is 12.1 Å². The Labute approximate surface area is 198 Å². The monoisotopic (exact) mass is 476 g/mol. The van der Waals surface area contributed by atoms with Gasteiger partial charge in [-0.15, -0.1) is 0 Å². The van der Waals surface area contributed by atoms with Crippen molar-refractivity contribution in [2.75, 3.05) is 36.5 Å². The van der Waals surface area contributed by atoms with Crippen molar-refractivity contribution in [1.29, 1.82) is 0 Å². The van der Waals surface area contributed by atoms with Gasteiger partial charge in [-0.05, 0) is 36.8 Å². The lowest BCUT2D eigenvalue weighted by Crippen LogP contribution is -2.37.